The molecule has 5 nitrogen and oxygen atoms in total. The summed E-state index contributed by atoms with van der Waals surface area (Å²) in [5.41, 5.74) is -2.89. The first-order valence-electron chi connectivity index (χ1n) is 7.64. The van der Waals surface area contributed by atoms with E-state index in [4.69, 9.17) is 14.0 Å². The third-order valence-corrected chi connectivity index (χ3v) is 4.55. The monoisotopic (exact) mass is 347 g/mol. The van der Waals surface area contributed by atoms with Gasteiger partial charge < -0.3 is 19.0 Å². The van der Waals surface area contributed by atoms with E-state index in [1.165, 1.54) is 6.92 Å². The lowest BCUT2D eigenvalue weighted by Crippen LogP contribution is -2.41. The summed E-state index contributed by atoms with van der Waals surface area (Å²) in [4.78, 5) is 14.3. The Labute approximate surface area is 139 Å². The lowest BCUT2D eigenvalue weighted by atomic mass is 9.76. The SMILES string of the molecule is CCOC(=O)c1[nH]c(C(F)(F)F)c(C)c1B1OC(C)(C)C(C)(C)O1. The fraction of sp³-hybridized carbons (Fsp3) is 0.667. The van der Waals surface area contributed by atoms with Crippen LogP contribution in [0.5, 0.6) is 0 Å². The maximum atomic E-state index is 13.2. The van der Waals surface area contributed by atoms with Gasteiger partial charge in [-0.2, -0.15) is 13.2 Å². The molecule has 1 fully saturated rings. The summed E-state index contributed by atoms with van der Waals surface area (Å²) in [7, 11) is -1.10. The van der Waals surface area contributed by atoms with Crippen LogP contribution in [0.4, 0.5) is 13.2 Å². The molecule has 0 aromatic carbocycles. The summed E-state index contributed by atoms with van der Waals surface area (Å²) in [5, 5.41) is 0. The highest BCUT2D eigenvalue weighted by Gasteiger charge is 2.54. The van der Waals surface area contributed by atoms with Gasteiger partial charge in [0.2, 0.25) is 0 Å². The highest BCUT2D eigenvalue weighted by molar-refractivity contribution is 6.64. The van der Waals surface area contributed by atoms with Crippen molar-refractivity contribution in [1.29, 1.82) is 0 Å². The number of esters is 1. The molecule has 24 heavy (non-hydrogen) atoms. The van der Waals surface area contributed by atoms with Gasteiger partial charge in [0.1, 0.15) is 11.4 Å². The second kappa shape index (κ2) is 5.80. The average Bonchev–Trinajstić information content (AvgIpc) is 2.84. The molecule has 9 heteroatoms. The molecule has 1 aliphatic heterocycles. The van der Waals surface area contributed by atoms with Crippen LogP contribution in [0.25, 0.3) is 0 Å². The molecular weight excluding hydrogens is 326 g/mol. The van der Waals surface area contributed by atoms with Crippen LogP contribution in [0.1, 0.15) is 56.4 Å². The normalized spacial score (nSPS) is 19.6. The maximum Gasteiger partial charge on any atom is 0.497 e. The second-order valence-corrected chi connectivity index (χ2v) is 6.72. The molecule has 1 aromatic rings. The number of rotatable bonds is 3. The number of halogens is 3. The first-order valence-corrected chi connectivity index (χ1v) is 7.64. The molecule has 0 aliphatic carbocycles. The van der Waals surface area contributed by atoms with E-state index in [-0.39, 0.29) is 23.3 Å². The van der Waals surface area contributed by atoms with E-state index in [0.29, 0.717) is 0 Å². The number of carbonyl (C=O) groups excluding carboxylic acids is 1. The number of nitrogens with one attached hydrogen (secondary N) is 1. The van der Waals surface area contributed by atoms with Gasteiger partial charge in [-0.1, -0.05) is 0 Å². The highest BCUT2D eigenvalue weighted by atomic mass is 19.4. The van der Waals surface area contributed by atoms with E-state index in [1.807, 2.05) is 0 Å². The van der Waals surface area contributed by atoms with Crippen LogP contribution < -0.4 is 5.46 Å². The van der Waals surface area contributed by atoms with Crippen LogP contribution in [0.3, 0.4) is 0 Å². The van der Waals surface area contributed by atoms with Gasteiger partial charge >= 0.3 is 19.3 Å². The minimum atomic E-state index is -4.63. The van der Waals surface area contributed by atoms with Gasteiger partial charge in [0.15, 0.2) is 0 Å². The van der Waals surface area contributed by atoms with Gasteiger partial charge in [-0.25, -0.2) is 4.79 Å². The topological polar surface area (TPSA) is 60.6 Å². The van der Waals surface area contributed by atoms with Gasteiger partial charge in [-0.15, -0.1) is 0 Å². The largest absolute Gasteiger partial charge is 0.497 e. The standard InChI is InChI=1S/C15H21BF3NO4/c1-7-22-12(21)10-9(8(2)11(20-10)15(17,18)19)16-23-13(3,4)14(5,6)24-16/h20H,7H2,1-6H3. The Balaban J connectivity index is 2.56. The zero-order valence-corrected chi connectivity index (χ0v) is 14.6. The van der Waals surface area contributed by atoms with E-state index in [0.717, 1.165) is 0 Å². The lowest BCUT2D eigenvalue weighted by Gasteiger charge is -2.32. The summed E-state index contributed by atoms with van der Waals surface area (Å²) in [6.07, 6.45) is -4.63. The summed E-state index contributed by atoms with van der Waals surface area (Å²) in [6, 6.07) is 0. The van der Waals surface area contributed by atoms with Gasteiger partial charge in [0.25, 0.3) is 0 Å². The van der Waals surface area contributed by atoms with Crippen molar-refractivity contribution >= 4 is 18.6 Å². The predicted molar refractivity (Wildman–Crippen MR) is 82.2 cm³/mol. The van der Waals surface area contributed by atoms with Crippen LogP contribution in [-0.2, 0) is 20.2 Å². The van der Waals surface area contributed by atoms with Crippen molar-refractivity contribution in [3.8, 4) is 0 Å². The van der Waals surface area contributed by atoms with Crippen molar-refractivity contribution in [3.05, 3.63) is 17.0 Å². The number of hydrogen-bond acceptors (Lipinski definition) is 4. The van der Waals surface area contributed by atoms with Crippen molar-refractivity contribution in [3.63, 3.8) is 0 Å². The number of carbonyl (C=O) groups is 1. The minimum Gasteiger partial charge on any atom is -0.461 e. The summed E-state index contributed by atoms with van der Waals surface area (Å²) < 4.78 is 56.1. The van der Waals surface area contributed by atoms with E-state index >= 15 is 0 Å². The van der Waals surface area contributed by atoms with E-state index in [1.54, 1.807) is 34.6 Å². The Morgan fingerprint density at radius 1 is 1.21 bits per heavy atom. The fourth-order valence-corrected chi connectivity index (χ4v) is 2.51. The first-order chi connectivity index (χ1) is 10.8. The smallest absolute Gasteiger partial charge is 0.461 e. The molecular formula is C15H21BF3NO4. The minimum absolute atomic E-state index is 0.0272. The molecule has 0 amide bonds. The second-order valence-electron chi connectivity index (χ2n) is 6.72. The average molecular weight is 347 g/mol. The molecule has 134 valence electrons. The van der Waals surface area contributed by atoms with E-state index in [2.05, 4.69) is 4.98 Å². The Hall–Kier alpha value is -1.48. The van der Waals surface area contributed by atoms with Crippen molar-refractivity contribution < 1.29 is 32.0 Å². The summed E-state index contributed by atoms with van der Waals surface area (Å²) in [6.45, 7) is 10.0. The van der Waals surface area contributed by atoms with Gasteiger partial charge in [-0.05, 0) is 47.1 Å². The Kier molecular flexibility index (Phi) is 4.56. The van der Waals surface area contributed by atoms with Crippen molar-refractivity contribution in [2.24, 2.45) is 0 Å². The number of aromatic nitrogens is 1. The number of alkyl halides is 3. The Bertz CT molecular complexity index is 636. The molecule has 1 aromatic heterocycles. The predicted octanol–water partition coefficient (Wildman–Crippen LogP) is 2.82. The van der Waals surface area contributed by atoms with Crippen molar-refractivity contribution in [2.45, 2.75) is 58.9 Å². The molecule has 0 radical (unpaired) electrons. The van der Waals surface area contributed by atoms with Crippen LogP contribution >= 0.6 is 0 Å². The Morgan fingerprint density at radius 3 is 2.12 bits per heavy atom. The molecule has 1 N–H and O–H groups in total. The van der Waals surface area contributed by atoms with Crippen LogP contribution in [-0.4, -0.2) is 35.9 Å². The highest BCUT2D eigenvalue weighted by Crippen LogP contribution is 2.38. The Morgan fingerprint density at radius 2 is 1.71 bits per heavy atom. The molecule has 0 unspecified atom stereocenters. The van der Waals surface area contributed by atoms with Crippen molar-refractivity contribution in [1.82, 2.24) is 4.98 Å². The number of H-pyrrole nitrogens is 1. The van der Waals surface area contributed by atoms with Crippen molar-refractivity contribution in [2.75, 3.05) is 6.61 Å². The third kappa shape index (κ3) is 3.07. The van der Waals surface area contributed by atoms with Crippen LogP contribution in [0.2, 0.25) is 0 Å². The van der Waals surface area contributed by atoms with Crippen LogP contribution in [0.15, 0.2) is 0 Å². The lowest BCUT2D eigenvalue weighted by molar-refractivity contribution is -0.141. The molecule has 0 atom stereocenters. The van der Waals surface area contributed by atoms with E-state index in [9.17, 15) is 18.0 Å². The van der Waals surface area contributed by atoms with Gasteiger partial charge in [0, 0.05) is 5.46 Å². The number of hydrogen-bond donors (Lipinski definition) is 1. The number of aromatic amines is 1. The first kappa shape index (κ1) is 18.9. The zero-order chi connectivity index (χ0) is 18.5. The van der Waals surface area contributed by atoms with E-state index < -0.39 is 36.2 Å². The zero-order valence-electron chi connectivity index (χ0n) is 14.6. The summed E-state index contributed by atoms with van der Waals surface area (Å²) >= 11 is 0. The van der Waals surface area contributed by atoms with Gasteiger partial charge in [0.05, 0.1) is 17.8 Å². The van der Waals surface area contributed by atoms with Crippen LogP contribution in [0, 0.1) is 6.92 Å². The fourth-order valence-electron chi connectivity index (χ4n) is 2.51. The molecule has 0 bridgehead atoms. The molecule has 2 rings (SSSR count). The molecule has 1 saturated heterocycles. The number of ether oxygens (including phenoxy) is 1. The molecule has 1 aliphatic rings. The maximum absolute atomic E-state index is 13.2. The molecule has 2 heterocycles. The third-order valence-electron chi connectivity index (χ3n) is 4.55. The molecule has 0 spiro atoms. The summed E-state index contributed by atoms with van der Waals surface area (Å²) in [5.74, 6) is -0.874. The van der Waals surface area contributed by atoms with Gasteiger partial charge in [-0.3, -0.25) is 0 Å². The molecule has 0 saturated carbocycles. The quantitative estimate of drug-likeness (QED) is 0.675.